The summed E-state index contributed by atoms with van der Waals surface area (Å²) in [5, 5.41) is 14.1. The molecule has 4 rings (SSSR count). The molecular formula is C33H31F3N6O3S. The van der Waals surface area contributed by atoms with E-state index in [9.17, 15) is 18.0 Å². The molecule has 0 bridgehead atoms. The molecule has 3 aromatic rings. The Kier molecular flexibility index (Phi) is 11.7. The highest BCUT2D eigenvalue weighted by atomic mass is 32.2. The number of nitrogens with one attached hydrogen (secondary N) is 1. The van der Waals surface area contributed by atoms with Crippen LogP contribution in [0.25, 0.3) is 0 Å². The van der Waals surface area contributed by atoms with Crippen LogP contribution in [0.5, 0.6) is 0 Å². The smallest absolute Gasteiger partial charge is 0.478 e. The number of hydrogen-bond acceptors (Lipinski definition) is 6. The summed E-state index contributed by atoms with van der Waals surface area (Å²) in [7, 11) is 0. The highest BCUT2D eigenvalue weighted by molar-refractivity contribution is 8.13. The number of carboxylic acids is 1. The number of carboxylic acid groups (broad SMARTS) is 1. The Morgan fingerprint density at radius 2 is 1.74 bits per heavy atom. The van der Waals surface area contributed by atoms with Gasteiger partial charge in [0, 0.05) is 11.3 Å². The number of thioether (sulfide) groups is 1. The fourth-order valence-electron chi connectivity index (χ4n) is 4.15. The number of carbonyl (C=O) groups is 1. The summed E-state index contributed by atoms with van der Waals surface area (Å²) in [6.45, 7) is 3.97. The molecule has 0 saturated carbocycles. The van der Waals surface area contributed by atoms with Crippen LogP contribution in [0, 0.1) is 13.8 Å². The number of hydrogen-bond donors (Lipinski definition) is 3. The van der Waals surface area contributed by atoms with Crippen molar-refractivity contribution < 1.29 is 27.8 Å². The van der Waals surface area contributed by atoms with E-state index in [1.165, 1.54) is 36.3 Å². The maximum absolute atomic E-state index is 12.3. The maximum Gasteiger partial charge on any atom is 0.523 e. The lowest BCUT2D eigenvalue weighted by Gasteiger charge is -2.16. The van der Waals surface area contributed by atoms with E-state index in [1.54, 1.807) is 42.6 Å². The molecule has 1 aliphatic rings. The van der Waals surface area contributed by atoms with Crippen LogP contribution in [0.3, 0.4) is 0 Å². The van der Waals surface area contributed by atoms with Gasteiger partial charge in [-0.2, -0.15) is 5.10 Å². The number of halogens is 3. The van der Waals surface area contributed by atoms with Gasteiger partial charge in [0.15, 0.2) is 5.17 Å². The third-order valence-corrected chi connectivity index (χ3v) is 7.47. The average Bonchev–Trinajstić information content (AvgIpc) is 3.02. The molecule has 0 saturated heterocycles. The van der Waals surface area contributed by atoms with Crippen LogP contribution in [0.4, 0.5) is 18.9 Å². The molecule has 238 valence electrons. The number of aliphatic imine (C=N–C) groups is 3. The number of allylic oxidation sites excluding steroid dienone is 1. The highest BCUT2D eigenvalue weighted by Gasteiger charge is 2.32. The minimum absolute atomic E-state index is 0.0414. The van der Waals surface area contributed by atoms with E-state index in [0.717, 1.165) is 27.9 Å². The van der Waals surface area contributed by atoms with Crippen LogP contribution in [0.2, 0.25) is 0 Å². The summed E-state index contributed by atoms with van der Waals surface area (Å²) >= 11 is 1.44. The summed E-state index contributed by atoms with van der Waals surface area (Å²) < 4.78 is 41.0. The molecule has 0 spiro atoms. The maximum atomic E-state index is 12.3. The molecule has 0 aromatic heterocycles. The summed E-state index contributed by atoms with van der Waals surface area (Å²) in [5.74, 6) is -0.222. The van der Waals surface area contributed by atoms with Gasteiger partial charge in [-0.25, -0.2) is 19.8 Å². The first-order chi connectivity index (χ1) is 22.0. The van der Waals surface area contributed by atoms with Gasteiger partial charge in [0.05, 0.1) is 29.3 Å². The minimum Gasteiger partial charge on any atom is -0.478 e. The molecule has 9 nitrogen and oxygen atoms in total. The van der Waals surface area contributed by atoms with Crippen LogP contribution in [-0.4, -0.2) is 47.1 Å². The van der Waals surface area contributed by atoms with Gasteiger partial charge in [0.25, 0.3) is 0 Å². The first-order valence-corrected chi connectivity index (χ1v) is 14.9. The van der Waals surface area contributed by atoms with E-state index >= 15 is 0 Å². The molecule has 0 aliphatic heterocycles. The van der Waals surface area contributed by atoms with Gasteiger partial charge < -0.3 is 10.8 Å². The number of aromatic carboxylic acids is 1. The van der Waals surface area contributed by atoms with E-state index in [-0.39, 0.29) is 17.8 Å². The first-order valence-electron chi connectivity index (χ1n) is 13.9. The second-order valence-corrected chi connectivity index (χ2v) is 11.0. The molecule has 1 atom stereocenters. The topological polar surface area (TPSA) is 134 Å². The lowest BCUT2D eigenvalue weighted by Crippen LogP contribution is -2.22. The van der Waals surface area contributed by atoms with Crippen LogP contribution >= 0.6 is 11.8 Å². The van der Waals surface area contributed by atoms with Crippen molar-refractivity contribution in [3.63, 3.8) is 0 Å². The number of rotatable bonds is 10. The average molecular weight is 649 g/mol. The fraction of sp³-hybridized carbons (Fsp3) is 0.182. The minimum atomic E-state index is -4.70. The second-order valence-electron chi connectivity index (χ2n) is 10.0. The number of hydrazone groups is 1. The molecule has 0 radical (unpaired) electrons. The lowest BCUT2D eigenvalue weighted by atomic mass is 10.1. The van der Waals surface area contributed by atoms with Crippen LogP contribution in [0.15, 0.2) is 111 Å². The van der Waals surface area contributed by atoms with Gasteiger partial charge in [-0.05, 0) is 60.7 Å². The van der Waals surface area contributed by atoms with Crippen molar-refractivity contribution in [3.8, 4) is 0 Å². The molecule has 1 aliphatic carbocycles. The molecule has 0 fully saturated rings. The van der Waals surface area contributed by atoms with Crippen molar-refractivity contribution in [1.82, 2.24) is 5.43 Å². The molecule has 1 unspecified atom stereocenters. The van der Waals surface area contributed by atoms with E-state index in [4.69, 9.17) is 15.8 Å². The molecule has 46 heavy (non-hydrogen) atoms. The van der Waals surface area contributed by atoms with Crippen molar-refractivity contribution in [3.05, 3.63) is 124 Å². The van der Waals surface area contributed by atoms with E-state index < -0.39 is 18.4 Å². The Hall–Kier alpha value is -5.01. The summed E-state index contributed by atoms with van der Waals surface area (Å²) in [6, 6.07) is 19.8. The third kappa shape index (κ3) is 10.6. The van der Waals surface area contributed by atoms with Crippen molar-refractivity contribution in [2.45, 2.75) is 38.5 Å². The Morgan fingerprint density at radius 1 is 1.07 bits per heavy atom. The van der Waals surface area contributed by atoms with Crippen molar-refractivity contribution in [1.29, 1.82) is 0 Å². The zero-order chi connectivity index (χ0) is 33.1. The Labute approximate surface area is 268 Å². The third-order valence-electron chi connectivity index (χ3n) is 6.54. The number of para-hydroxylation sites is 1. The number of nitrogens with two attached hydrogens (primary N) is 1. The Balaban J connectivity index is 1.38. The van der Waals surface area contributed by atoms with Gasteiger partial charge >= 0.3 is 12.3 Å². The molecular weight excluding hydrogens is 617 g/mol. The first kappa shape index (κ1) is 33.9. The van der Waals surface area contributed by atoms with E-state index in [2.05, 4.69) is 25.2 Å². The van der Waals surface area contributed by atoms with E-state index in [0.29, 0.717) is 22.2 Å². The second kappa shape index (κ2) is 15.8. The molecule has 0 heterocycles. The number of alkyl halides is 3. The summed E-state index contributed by atoms with van der Waals surface area (Å²) in [6.07, 6.45) is 1.39. The van der Waals surface area contributed by atoms with Gasteiger partial charge in [0.2, 0.25) is 0 Å². The Morgan fingerprint density at radius 3 is 2.35 bits per heavy atom. The predicted octanol–water partition coefficient (Wildman–Crippen LogP) is 7.03. The fourth-order valence-corrected chi connectivity index (χ4v) is 4.92. The van der Waals surface area contributed by atoms with Crippen molar-refractivity contribution in [2.24, 2.45) is 25.8 Å². The van der Waals surface area contributed by atoms with Crippen LogP contribution in [0.1, 0.15) is 44.6 Å². The quantitative estimate of drug-likeness (QED) is 0.123. The zero-order valence-electron chi connectivity index (χ0n) is 24.9. The number of benzene rings is 3. The zero-order valence-corrected chi connectivity index (χ0v) is 25.7. The van der Waals surface area contributed by atoms with Gasteiger partial charge in [-0.3, -0.25) is 10.2 Å². The highest BCUT2D eigenvalue weighted by Crippen LogP contribution is 2.26. The predicted molar refractivity (Wildman–Crippen MR) is 177 cm³/mol. The largest absolute Gasteiger partial charge is 0.523 e. The van der Waals surface area contributed by atoms with Gasteiger partial charge in [0.1, 0.15) is 12.2 Å². The SMILES string of the molecule is Cc1cccc(C)c1N=C(N/N=C/c1ccc(C(N)=NC=NC2=CCC(OC(F)(F)F)C=C2)cc1)SCc1ccc(C(=O)O)cc1. The number of amidine groups is 2. The number of aryl methyl sites for hydroxylation is 2. The number of nitrogens with zero attached hydrogens (tertiary/aromatic N) is 4. The van der Waals surface area contributed by atoms with Gasteiger partial charge in [-0.1, -0.05) is 78.5 Å². The normalized spacial score (nSPS) is 15.8. The van der Waals surface area contributed by atoms with Crippen LogP contribution < -0.4 is 11.2 Å². The standard InChI is InChI=1S/C33H31F3N6O3S/c1-21-4-3-5-22(2)29(21)41-32(46-19-24-8-12-26(13-9-24)31(43)44)42-40-18-23-6-10-25(11-7-23)30(37)39-20-38-27-14-16-28(17-15-27)45-33(34,35)36/h3-16,18,20,28H,17,19H2,1-2H3,(H,41,42)(H,43,44)(H2,37,38,39)/b40-18+. The molecule has 0 amide bonds. The van der Waals surface area contributed by atoms with Crippen molar-refractivity contribution >= 4 is 47.0 Å². The summed E-state index contributed by atoms with van der Waals surface area (Å²) in [5.41, 5.74) is 15.0. The number of ether oxygens (including phenoxy) is 1. The summed E-state index contributed by atoms with van der Waals surface area (Å²) in [4.78, 5) is 24.2. The van der Waals surface area contributed by atoms with Crippen LogP contribution in [-0.2, 0) is 10.5 Å². The van der Waals surface area contributed by atoms with Gasteiger partial charge in [-0.15, -0.1) is 13.2 Å². The van der Waals surface area contributed by atoms with E-state index in [1.807, 2.05) is 44.2 Å². The lowest BCUT2D eigenvalue weighted by molar-refractivity contribution is -0.336. The van der Waals surface area contributed by atoms with Crippen molar-refractivity contribution in [2.75, 3.05) is 0 Å². The Bertz CT molecular complexity index is 1690. The molecule has 13 heteroatoms. The molecule has 4 N–H and O–H groups in total. The monoisotopic (exact) mass is 648 g/mol. The molecule has 3 aromatic carbocycles.